The van der Waals surface area contributed by atoms with Crippen LogP contribution < -0.4 is 0 Å². The van der Waals surface area contributed by atoms with Gasteiger partial charge in [-0.15, -0.1) is 11.3 Å². The van der Waals surface area contributed by atoms with Gasteiger partial charge in [0.1, 0.15) is 0 Å². The van der Waals surface area contributed by atoms with E-state index in [2.05, 4.69) is 0 Å². The first-order valence-corrected chi connectivity index (χ1v) is 5.42. The van der Waals surface area contributed by atoms with Crippen LogP contribution in [0.1, 0.15) is 0 Å². The SMILES string of the molecule is O=[N+]([O-])c1ccc(-c2cccs2)c(Cl)c1. The average molecular weight is 240 g/mol. The van der Waals surface area contributed by atoms with Crippen molar-refractivity contribution >= 4 is 28.6 Å². The summed E-state index contributed by atoms with van der Waals surface area (Å²) in [5.41, 5.74) is 0.845. The van der Waals surface area contributed by atoms with Gasteiger partial charge in [0.25, 0.3) is 5.69 Å². The van der Waals surface area contributed by atoms with Crippen LogP contribution in [0.5, 0.6) is 0 Å². The van der Waals surface area contributed by atoms with Crippen LogP contribution in [0.2, 0.25) is 5.02 Å². The molecule has 0 spiro atoms. The molecule has 0 bridgehead atoms. The number of hydrogen-bond donors (Lipinski definition) is 0. The van der Waals surface area contributed by atoms with Crippen molar-refractivity contribution < 1.29 is 4.92 Å². The Labute approximate surface area is 95.1 Å². The van der Waals surface area contributed by atoms with Gasteiger partial charge in [0.05, 0.1) is 9.95 Å². The number of benzene rings is 1. The van der Waals surface area contributed by atoms with Crippen LogP contribution >= 0.6 is 22.9 Å². The summed E-state index contributed by atoms with van der Waals surface area (Å²) in [5.74, 6) is 0. The van der Waals surface area contributed by atoms with Gasteiger partial charge in [-0.1, -0.05) is 17.7 Å². The van der Waals surface area contributed by atoms with Gasteiger partial charge < -0.3 is 0 Å². The summed E-state index contributed by atoms with van der Waals surface area (Å²) in [5, 5.41) is 12.8. The molecule has 0 atom stereocenters. The fourth-order valence-corrected chi connectivity index (χ4v) is 2.35. The van der Waals surface area contributed by atoms with E-state index in [1.807, 2.05) is 17.5 Å². The van der Waals surface area contributed by atoms with E-state index in [4.69, 9.17) is 11.6 Å². The van der Waals surface area contributed by atoms with Gasteiger partial charge in [-0.2, -0.15) is 0 Å². The maximum Gasteiger partial charge on any atom is 0.270 e. The Balaban J connectivity index is 2.48. The molecule has 0 aliphatic heterocycles. The summed E-state index contributed by atoms with van der Waals surface area (Å²) >= 11 is 7.52. The van der Waals surface area contributed by atoms with Gasteiger partial charge in [0.2, 0.25) is 0 Å². The Morgan fingerprint density at radius 1 is 1.33 bits per heavy atom. The normalized spacial score (nSPS) is 10.2. The zero-order chi connectivity index (χ0) is 10.8. The summed E-state index contributed by atoms with van der Waals surface area (Å²) in [6.45, 7) is 0. The molecule has 0 radical (unpaired) electrons. The highest BCUT2D eigenvalue weighted by Gasteiger charge is 2.10. The summed E-state index contributed by atoms with van der Waals surface area (Å²) in [6, 6.07) is 8.35. The fourth-order valence-electron chi connectivity index (χ4n) is 1.25. The molecule has 2 rings (SSSR count). The number of thiophene rings is 1. The first-order valence-electron chi connectivity index (χ1n) is 4.16. The van der Waals surface area contributed by atoms with Gasteiger partial charge >= 0.3 is 0 Å². The molecule has 0 aliphatic carbocycles. The first-order chi connectivity index (χ1) is 7.18. The van der Waals surface area contributed by atoms with Crippen molar-refractivity contribution in [1.29, 1.82) is 0 Å². The number of halogens is 1. The molecule has 1 aromatic carbocycles. The Morgan fingerprint density at radius 3 is 2.67 bits per heavy atom. The van der Waals surface area contributed by atoms with E-state index in [0.717, 1.165) is 10.4 Å². The standard InChI is InChI=1S/C10H6ClNO2S/c11-9-6-7(12(13)14)3-4-8(9)10-2-1-5-15-10/h1-6H. The van der Waals surface area contributed by atoms with E-state index >= 15 is 0 Å². The van der Waals surface area contributed by atoms with Crippen molar-refractivity contribution in [2.75, 3.05) is 0 Å². The van der Waals surface area contributed by atoms with E-state index in [0.29, 0.717) is 5.02 Å². The molecule has 2 aromatic rings. The Bertz CT molecular complexity index is 496. The summed E-state index contributed by atoms with van der Waals surface area (Å²) in [4.78, 5) is 11.1. The van der Waals surface area contributed by atoms with Crippen molar-refractivity contribution in [2.45, 2.75) is 0 Å². The minimum atomic E-state index is -0.454. The third kappa shape index (κ3) is 2.00. The number of nitro benzene ring substituents is 1. The van der Waals surface area contributed by atoms with Gasteiger partial charge in [0, 0.05) is 22.6 Å². The van der Waals surface area contributed by atoms with E-state index in [9.17, 15) is 10.1 Å². The first kappa shape index (κ1) is 10.1. The van der Waals surface area contributed by atoms with Gasteiger partial charge in [-0.05, 0) is 17.5 Å². The molecule has 5 heteroatoms. The number of hydrogen-bond acceptors (Lipinski definition) is 3. The lowest BCUT2D eigenvalue weighted by atomic mass is 10.2. The Kier molecular flexibility index (Phi) is 2.70. The second-order valence-electron chi connectivity index (χ2n) is 2.90. The van der Waals surface area contributed by atoms with Crippen molar-refractivity contribution in [3.05, 3.63) is 50.8 Å². The topological polar surface area (TPSA) is 43.1 Å². The molecule has 1 aromatic heterocycles. The molecule has 0 unspecified atom stereocenters. The highest BCUT2D eigenvalue weighted by atomic mass is 35.5. The highest BCUT2D eigenvalue weighted by molar-refractivity contribution is 7.13. The van der Waals surface area contributed by atoms with Crippen molar-refractivity contribution in [2.24, 2.45) is 0 Å². The Morgan fingerprint density at radius 2 is 2.13 bits per heavy atom. The van der Waals surface area contributed by atoms with Crippen LogP contribution in [0.4, 0.5) is 5.69 Å². The van der Waals surface area contributed by atoms with Gasteiger partial charge in [-0.25, -0.2) is 0 Å². The molecule has 0 saturated carbocycles. The lowest BCUT2D eigenvalue weighted by Crippen LogP contribution is -1.87. The fraction of sp³-hybridized carbons (Fsp3) is 0. The van der Waals surface area contributed by atoms with E-state index in [-0.39, 0.29) is 5.69 Å². The molecular weight excluding hydrogens is 234 g/mol. The van der Waals surface area contributed by atoms with Crippen molar-refractivity contribution in [3.8, 4) is 10.4 Å². The molecule has 0 aliphatic rings. The van der Waals surface area contributed by atoms with Crippen LogP contribution in [0.15, 0.2) is 35.7 Å². The van der Waals surface area contributed by atoms with Crippen LogP contribution in [0.3, 0.4) is 0 Å². The van der Waals surface area contributed by atoms with Crippen LogP contribution in [0.25, 0.3) is 10.4 Å². The molecule has 15 heavy (non-hydrogen) atoms. The predicted octanol–water partition coefficient (Wildman–Crippen LogP) is 3.98. The van der Waals surface area contributed by atoms with Crippen LogP contribution in [0, 0.1) is 10.1 Å². The maximum atomic E-state index is 10.5. The average Bonchev–Trinajstić information content (AvgIpc) is 2.70. The highest BCUT2D eigenvalue weighted by Crippen LogP contribution is 2.33. The molecule has 0 fully saturated rings. The van der Waals surface area contributed by atoms with Gasteiger partial charge in [-0.3, -0.25) is 10.1 Å². The third-order valence-electron chi connectivity index (χ3n) is 1.95. The number of non-ortho nitro benzene ring substituents is 1. The Hall–Kier alpha value is -1.39. The smallest absolute Gasteiger partial charge is 0.258 e. The van der Waals surface area contributed by atoms with Crippen molar-refractivity contribution in [1.82, 2.24) is 0 Å². The molecule has 1 heterocycles. The van der Waals surface area contributed by atoms with Crippen LogP contribution in [-0.2, 0) is 0 Å². The largest absolute Gasteiger partial charge is 0.270 e. The molecule has 76 valence electrons. The molecular formula is C10H6ClNO2S. The quantitative estimate of drug-likeness (QED) is 0.588. The minimum absolute atomic E-state index is 0.0142. The molecule has 0 amide bonds. The predicted molar refractivity (Wildman–Crippen MR) is 61.4 cm³/mol. The second kappa shape index (κ2) is 4.00. The second-order valence-corrected chi connectivity index (χ2v) is 4.25. The molecule has 3 nitrogen and oxygen atoms in total. The number of nitrogens with zero attached hydrogens (tertiary/aromatic N) is 1. The van der Waals surface area contributed by atoms with E-state index in [1.165, 1.54) is 12.1 Å². The minimum Gasteiger partial charge on any atom is -0.258 e. The van der Waals surface area contributed by atoms with Crippen molar-refractivity contribution in [3.63, 3.8) is 0 Å². The van der Waals surface area contributed by atoms with E-state index < -0.39 is 4.92 Å². The summed E-state index contributed by atoms with van der Waals surface area (Å²) in [7, 11) is 0. The number of nitro groups is 1. The van der Waals surface area contributed by atoms with Gasteiger partial charge in [0.15, 0.2) is 0 Å². The summed E-state index contributed by atoms with van der Waals surface area (Å²) in [6.07, 6.45) is 0. The zero-order valence-corrected chi connectivity index (χ0v) is 9.09. The van der Waals surface area contributed by atoms with Crippen LogP contribution in [-0.4, -0.2) is 4.92 Å². The number of rotatable bonds is 2. The maximum absolute atomic E-state index is 10.5. The zero-order valence-electron chi connectivity index (χ0n) is 7.51. The lowest BCUT2D eigenvalue weighted by molar-refractivity contribution is -0.384. The van der Waals surface area contributed by atoms with E-state index in [1.54, 1.807) is 17.4 Å². The molecule has 0 saturated heterocycles. The monoisotopic (exact) mass is 239 g/mol. The summed E-state index contributed by atoms with van der Waals surface area (Å²) < 4.78 is 0. The third-order valence-corrected chi connectivity index (χ3v) is 3.17. The lowest BCUT2D eigenvalue weighted by Gasteiger charge is -2.00. The molecule has 0 N–H and O–H groups in total.